The molecule has 0 amide bonds. The molecular formula is C40H32N2. The average molecular weight is 541 g/mol. The number of fused-ring (bicyclic) bond motifs is 4. The van der Waals surface area contributed by atoms with E-state index in [1.807, 2.05) is 0 Å². The second kappa shape index (κ2) is 10.4. The second-order valence-electron chi connectivity index (χ2n) is 11.3. The highest BCUT2D eigenvalue weighted by atomic mass is 15.2. The molecular weight excluding hydrogens is 508 g/mol. The van der Waals surface area contributed by atoms with Gasteiger partial charge < -0.3 is 9.80 Å². The van der Waals surface area contributed by atoms with Crippen LogP contribution >= 0.6 is 0 Å². The summed E-state index contributed by atoms with van der Waals surface area (Å²) < 4.78 is 0. The van der Waals surface area contributed by atoms with Crippen LogP contribution in [0, 0.1) is 11.8 Å². The van der Waals surface area contributed by atoms with Crippen molar-refractivity contribution in [2.24, 2.45) is 11.8 Å². The molecule has 0 radical (unpaired) electrons. The lowest BCUT2D eigenvalue weighted by Crippen LogP contribution is -2.36. The number of nitrogens with zero attached hydrogens (tertiary/aromatic N) is 2. The lowest BCUT2D eigenvalue weighted by Gasteiger charge is -2.32. The summed E-state index contributed by atoms with van der Waals surface area (Å²) in [6, 6.07) is 44.7. The summed E-state index contributed by atoms with van der Waals surface area (Å²) in [4.78, 5) is 4.96. The summed E-state index contributed by atoms with van der Waals surface area (Å²) in [7, 11) is 0. The van der Waals surface area contributed by atoms with E-state index >= 15 is 0 Å². The van der Waals surface area contributed by atoms with E-state index in [-0.39, 0.29) is 0 Å². The first-order valence-electron chi connectivity index (χ1n) is 14.9. The van der Waals surface area contributed by atoms with Crippen LogP contribution in [0.1, 0.15) is 0 Å². The highest BCUT2D eigenvalue weighted by molar-refractivity contribution is 5.99. The van der Waals surface area contributed by atoms with E-state index in [4.69, 9.17) is 0 Å². The van der Waals surface area contributed by atoms with Crippen molar-refractivity contribution >= 4 is 33.5 Å². The highest BCUT2D eigenvalue weighted by Gasteiger charge is 2.45. The molecule has 202 valence electrons. The summed E-state index contributed by atoms with van der Waals surface area (Å²) >= 11 is 0. The average Bonchev–Trinajstić information content (AvgIpc) is 3.40. The molecule has 0 bridgehead atoms. The molecule has 4 unspecified atom stereocenters. The van der Waals surface area contributed by atoms with Gasteiger partial charge >= 0.3 is 0 Å². The molecule has 2 nitrogen and oxygen atoms in total. The van der Waals surface area contributed by atoms with Crippen molar-refractivity contribution in [2.45, 2.75) is 12.1 Å². The Hall–Kier alpha value is -5.08. The van der Waals surface area contributed by atoms with Gasteiger partial charge in [0.25, 0.3) is 0 Å². The minimum absolute atomic E-state index is 0.389. The molecule has 3 aliphatic rings. The SMILES string of the molecule is C1=CC2C3C=CC=CC3N(c3ccc(-c4ccc(N(c5ccccc5)c5cccc6ccccc56)cc4)cc3)C2C=C1. The number of benzene rings is 5. The van der Waals surface area contributed by atoms with Gasteiger partial charge in [-0.1, -0.05) is 127 Å². The van der Waals surface area contributed by atoms with Gasteiger partial charge in [-0.05, 0) is 59.0 Å². The van der Waals surface area contributed by atoms with Crippen LogP contribution in [0.5, 0.6) is 0 Å². The van der Waals surface area contributed by atoms with Crippen molar-refractivity contribution in [1.29, 1.82) is 0 Å². The molecule has 5 aromatic rings. The molecule has 1 saturated heterocycles. The van der Waals surface area contributed by atoms with Gasteiger partial charge in [-0.3, -0.25) is 0 Å². The summed E-state index contributed by atoms with van der Waals surface area (Å²) in [6.45, 7) is 0. The van der Waals surface area contributed by atoms with E-state index < -0.39 is 0 Å². The van der Waals surface area contributed by atoms with Crippen molar-refractivity contribution in [3.05, 3.63) is 170 Å². The van der Waals surface area contributed by atoms with Gasteiger partial charge in [0.15, 0.2) is 0 Å². The maximum atomic E-state index is 2.60. The number of rotatable bonds is 5. The maximum Gasteiger partial charge on any atom is 0.0551 e. The highest BCUT2D eigenvalue weighted by Crippen LogP contribution is 2.45. The van der Waals surface area contributed by atoms with Gasteiger partial charge in [0, 0.05) is 34.3 Å². The van der Waals surface area contributed by atoms with E-state index in [1.54, 1.807) is 0 Å². The van der Waals surface area contributed by atoms with E-state index in [0.29, 0.717) is 23.9 Å². The van der Waals surface area contributed by atoms with E-state index in [1.165, 1.54) is 33.3 Å². The Bertz CT molecular complexity index is 1810. The molecule has 2 heteroatoms. The fraction of sp³-hybridized carbons (Fsp3) is 0.100. The molecule has 2 aliphatic carbocycles. The van der Waals surface area contributed by atoms with E-state index in [9.17, 15) is 0 Å². The fourth-order valence-corrected chi connectivity index (χ4v) is 7.07. The monoisotopic (exact) mass is 540 g/mol. The third-order valence-corrected chi connectivity index (χ3v) is 9.03. The van der Waals surface area contributed by atoms with Crippen LogP contribution in [0.4, 0.5) is 22.7 Å². The Morgan fingerprint density at radius 1 is 0.452 bits per heavy atom. The van der Waals surface area contributed by atoms with Gasteiger partial charge in [-0.15, -0.1) is 0 Å². The number of hydrogen-bond acceptors (Lipinski definition) is 2. The second-order valence-corrected chi connectivity index (χ2v) is 11.3. The molecule has 0 spiro atoms. The van der Waals surface area contributed by atoms with Gasteiger partial charge in [0.1, 0.15) is 0 Å². The number of para-hydroxylation sites is 1. The molecule has 1 fully saturated rings. The third-order valence-electron chi connectivity index (χ3n) is 9.03. The predicted molar refractivity (Wildman–Crippen MR) is 178 cm³/mol. The Balaban J connectivity index is 1.12. The molecule has 5 aromatic carbocycles. The van der Waals surface area contributed by atoms with Gasteiger partial charge in [-0.25, -0.2) is 0 Å². The molecule has 8 rings (SSSR count). The van der Waals surface area contributed by atoms with E-state index in [2.05, 4.69) is 180 Å². The minimum Gasteiger partial charge on any atom is -0.357 e. The Morgan fingerprint density at radius 2 is 1.00 bits per heavy atom. The Kier molecular flexibility index (Phi) is 6.11. The first-order chi connectivity index (χ1) is 20.8. The maximum absolute atomic E-state index is 2.60. The van der Waals surface area contributed by atoms with Crippen molar-refractivity contribution in [3.63, 3.8) is 0 Å². The van der Waals surface area contributed by atoms with Crippen LogP contribution in [0.15, 0.2) is 170 Å². The lowest BCUT2D eigenvalue weighted by molar-refractivity contribution is 0.527. The van der Waals surface area contributed by atoms with Crippen LogP contribution in [0.25, 0.3) is 21.9 Å². The molecule has 1 aliphatic heterocycles. The molecule has 42 heavy (non-hydrogen) atoms. The Labute approximate surface area is 247 Å². The number of hydrogen-bond donors (Lipinski definition) is 0. The quantitative estimate of drug-likeness (QED) is 0.219. The normalized spacial score (nSPS) is 21.9. The summed E-state index contributed by atoms with van der Waals surface area (Å²) in [5.41, 5.74) is 7.19. The molecule has 4 atom stereocenters. The van der Waals surface area contributed by atoms with Gasteiger partial charge in [0.2, 0.25) is 0 Å². The molecule has 1 heterocycles. The number of anilines is 4. The van der Waals surface area contributed by atoms with Crippen molar-refractivity contribution < 1.29 is 0 Å². The summed E-state index contributed by atoms with van der Waals surface area (Å²) in [5, 5.41) is 2.48. The topological polar surface area (TPSA) is 6.48 Å². The zero-order valence-electron chi connectivity index (χ0n) is 23.4. The first kappa shape index (κ1) is 24.7. The molecule has 0 saturated carbocycles. The van der Waals surface area contributed by atoms with Crippen LogP contribution in [0.3, 0.4) is 0 Å². The fourth-order valence-electron chi connectivity index (χ4n) is 7.07. The van der Waals surface area contributed by atoms with Gasteiger partial charge in [0.05, 0.1) is 17.8 Å². The molecule has 0 N–H and O–H groups in total. The smallest absolute Gasteiger partial charge is 0.0551 e. The standard InChI is InChI=1S/C40H32N2/c1-2-13-32(14-3-1)41(38-20-10-12-31-11-4-5-15-35(31)38)33-25-21-29(22-26-33)30-23-27-34(28-24-30)42-39-18-8-6-16-36(39)37-17-7-9-19-40(37)42/h1-28,36-37,39-40H. The van der Waals surface area contributed by atoms with Crippen LogP contribution in [0.2, 0.25) is 0 Å². The summed E-state index contributed by atoms with van der Waals surface area (Å²) in [5.74, 6) is 1.03. The minimum atomic E-state index is 0.389. The van der Waals surface area contributed by atoms with Crippen LogP contribution in [-0.2, 0) is 0 Å². The third kappa shape index (κ3) is 4.19. The zero-order valence-corrected chi connectivity index (χ0v) is 23.4. The van der Waals surface area contributed by atoms with Crippen LogP contribution in [-0.4, -0.2) is 12.1 Å². The number of allylic oxidation sites excluding steroid dienone is 4. The molecule has 0 aromatic heterocycles. The van der Waals surface area contributed by atoms with Crippen molar-refractivity contribution in [2.75, 3.05) is 9.80 Å². The van der Waals surface area contributed by atoms with Crippen LogP contribution < -0.4 is 9.80 Å². The zero-order chi connectivity index (χ0) is 27.9. The summed E-state index contributed by atoms with van der Waals surface area (Å²) in [6.07, 6.45) is 18.3. The predicted octanol–water partition coefficient (Wildman–Crippen LogP) is 10.0. The van der Waals surface area contributed by atoms with Crippen molar-refractivity contribution in [3.8, 4) is 11.1 Å². The van der Waals surface area contributed by atoms with Gasteiger partial charge in [-0.2, -0.15) is 0 Å². The van der Waals surface area contributed by atoms with E-state index in [0.717, 1.165) is 11.4 Å². The largest absolute Gasteiger partial charge is 0.357 e. The lowest BCUT2D eigenvalue weighted by atomic mass is 9.83. The Morgan fingerprint density at radius 3 is 1.69 bits per heavy atom. The first-order valence-corrected chi connectivity index (χ1v) is 14.9. The van der Waals surface area contributed by atoms with Crippen molar-refractivity contribution in [1.82, 2.24) is 0 Å².